The van der Waals surface area contributed by atoms with Crippen LogP contribution in [0.25, 0.3) is 5.82 Å². The van der Waals surface area contributed by atoms with Crippen LogP contribution in [0.4, 0.5) is 0 Å². The van der Waals surface area contributed by atoms with E-state index in [1.807, 2.05) is 0 Å². The number of halogens is 1. The van der Waals surface area contributed by atoms with Crippen LogP contribution in [0, 0.1) is 0 Å². The van der Waals surface area contributed by atoms with Gasteiger partial charge in [0.2, 0.25) is 0 Å². The van der Waals surface area contributed by atoms with Gasteiger partial charge in [-0.05, 0) is 12.1 Å². The SMILES string of the molecule is CS(=O)(=O)c1cnn(-c2ccc(Cl)nn2)c1. The van der Waals surface area contributed by atoms with Crippen molar-refractivity contribution < 1.29 is 8.42 Å². The van der Waals surface area contributed by atoms with Crippen LogP contribution in [-0.4, -0.2) is 34.7 Å². The molecule has 2 heterocycles. The van der Waals surface area contributed by atoms with Crippen LogP contribution in [0.5, 0.6) is 0 Å². The highest BCUT2D eigenvalue weighted by Crippen LogP contribution is 2.10. The summed E-state index contributed by atoms with van der Waals surface area (Å²) in [6.07, 6.45) is 3.74. The minimum atomic E-state index is -3.26. The smallest absolute Gasteiger partial charge is 0.178 e. The van der Waals surface area contributed by atoms with Gasteiger partial charge in [-0.15, -0.1) is 10.2 Å². The highest BCUT2D eigenvalue weighted by molar-refractivity contribution is 7.90. The summed E-state index contributed by atoms with van der Waals surface area (Å²) < 4.78 is 23.8. The molecule has 6 nitrogen and oxygen atoms in total. The summed E-state index contributed by atoms with van der Waals surface area (Å²) in [5, 5.41) is 11.5. The van der Waals surface area contributed by atoms with E-state index >= 15 is 0 Å². The largest absolute Gasteiger partial charge is 0.224 e. The molecule has 0 N–H and O–H groups in total. The molecule has 16 heavy (non-hydrogen) atoms. The van der Waals surface area contributed by atoms with E-state index in [4.69, 9.17) is 11.6 Å². The molecule has 84 valence electrons. The van der Waals surface area contributed by atoms with Crippen molar-refractivity contribution in [2.45, 2.75) is 4.90 Å². The maximum Gasteiger partial charge on any atom is 0.178 e. The van der Waals surface area contributed by atoms with E-state index in [2.05, 4.69) is 15.3 Å². The number of rotatable bonds is 2. The molecule has 0 spiro atoms. The molecule has 2 aromatic heterocycles. The van der Waals surface area contributed by atoms with Gasteiger partial charge in [-0.3, -0.25) is 0 Å². The van der Waals surface area contributed by atoms with Gasteiger partial charge < -0.3 is 0 Å². The summed E-state index contributed by atoms with van der Waals surface area (Å²) in [7, 11) is -3.26. The topological polar surface area (TPSA) is 77.7 Å². The predicted molar refractivity (Wildman–Crippen MR) is 57.3 cm³/mol. The van der Waals surface area contributed by atoms with Crippen LogP contribution in [-0.2, 0) is 9.84 Å². The zero-order valence-electron chi connectivity index (χ0n) is 8.20. The zero-order valence-corrected chi connectivity index (χ0v) is 9.77. The van der Waals surface area contributed by atoms with Crippen LogP contribution < -0.4 is 0 Å². The van der Waals surface area contributed by atoms with Gasteiger partial charge in [-0.2, -0.15) is 5.10 Å². The summed E-state index contributed by atoms with van der Waals surface area (Å²) in [5.74, 6) is 0.402. The Morgan fingerprint density at radius 2 is 2.06 bits per heavy atom. The second-order valence-electron chi connectivity index (χ2n) is 3.11. The second-order valence-corrected chi connectivity index (χ2v) is 5.51. The zero-order chi connectivity index (χ0) is 11.8. The first kappa shape index (κ1) is 11.0. The van der Waals surface area contributed by atoms with E-state index in [1.54, 1.807) is 12.1 Å². The summed E-state index contributed by atoms with van der Waals surface area (Å²) in [4.78, 5) is 0.129. The fourth-order valence-electron chi connectivity index (χ4n) is 1.05. The number of hydrogen-bond donors (Lipinski definition) is 0. The maximum atomic E-state index is 11.2. The molecule has 0 bridgehead atoms. The Labute approximate surface area is 96.8 Å². The molecular weight excluding hydrogens is 252 g/mol. The van der Waals surface area contributed by atoms with E-state index < -0.39 is 9.84 Å². The van der Waals surface area contributed by atoms with Gasteiger partial charge in [-0.1, -0.05) is 11.6 Å². The minimum absolute atomic E-state index is 0.129. The molecule has 0 saturated carbocycles. The third-order valence-electron chi connectivity index (χ3n) is 1.84. The molecule has 0 aliphatic rings. The van der Waals surface area contributed by atoms with Gasteiger partial charge in [0.1, 0.15) is 4.90 Å². The van der Waals surface area contributed by atoms with Gasteiger partial charge in [-0.25, -0.2) is 13.1 Å². The lowest BCUT2D eigenvalue weighted by Crippen LogP contribution is -1.99. The molecule has 0 unspecified atom stereocenters. The molecule has 8 heteroatoms. The molecule has 0 saturated heterocycles. The van der Waals surface area contributed by atoms with Gasteiger partial charge in [0.15, 0.2) is 20.8 Å². The Morgan fingerprint density at radius 3 is 2.56 bits per heavy atom. The van der Waals surface area contributed by atoms with Crippen molar-refractivity contribution in [3.8, 4) is 5.82 Å². The highest BCUT2D eigenvalue weighted by atomic mass is 35.5. The Bertz CT molecular complexity index is 605. The molecule has 0 aromatic carbocycles. The van der Waals surface area contributed by atoms with Crippen LogP contribution in [0.1, 0.15) is 0 Å². The monoisotopic (exact) mass is 258 g/mol. The quantitative estimate of drug-likeness (QED) is 0.793. The standard InChI is InChI=1S/C8H7ClN4O2S/c1-16(14,15)6-4-10-13(5-6)8-3-2-7(9)11-12-8/h2-5H,1H3. The van der Waals surface area contributed by atoms with E-state index in [1.165, 1.54) is 17.1 Å². The Hall–Kier alpha value is -1.47. The van der Waals surface area contributed by atoms with Crippen LogP contribution >= 0.6 is 11.6 Å². The highest BCUT2D eigenvalue weighted by Gasteiger charge is 2.11. The molecule has 0 amide bonds. The maximum absolute atomic E-state index is 11.2. The van der Waals surface area contributed by atoms with Gasteiger partial charge in [0, 0.05) is 6.26 Å². The van der Waals surface area contributed by atoms with Crippen molar-refractivity contribution in [2.75, 3.05) is 6.26 Å². The molecular formula is C8H7ClN4O2S. The van der Waals surface area contributed by atoms with Crippen molar-refractivity contribution in [1.29, 1.82) is 0 Å². The number of aromatic nitrogens is 4. The Morgan fingerprint density at radius 1 is 1.31 bits per heavy atom. The molecule has 0 radical (unpaired) electrons. The van der Waals surface area contributed by atoms with Crippen molar-refractivity contribution in [1.82, 2.24) is 20.0 Å². The first-order valence-electron chi connectivity index (χ1n) is 4.21. The first-order valence-corrected chi connectivity index (χ1v) is 6.48. The Balaban J connectivity index is 2.43. The normalized spacial score (nSPS) is 11.6. The van der Waals surface area contributed by atoms with E-state index in [-0.39, 0.29) is 10.0 Å². The first-order chi connectivity index (χ1) is 7.47. The van der Waals surface area contributed by atoms with Gasteiger partial charge in [0.05, 0.1) is 12.4 Å². The third-order valence-corrected chi connectivity index (χ3v) is 3.11. The third kappa shape index (κ3) is 2.20. The fourth-order valence-corrected chi connectivity index (χ4v) is 1.68. The van der Waals surface area contributed by atoms with E-state index in [0.717, 1.165) is 6.26 Å². The van der Waals surface area contributed by atoms with Crippen LogP contribution in [0.15, 0.2) is 29.4 Å². The van der Waals surface area contributed by atoms with Crippen molar-refractivity contribution in [2.24, 2.45) is 0 Å². The van der Waals surface area contributed by atoms with E-state index in [9.17, 15) is 8.42 Å². The average Bonchev–Trinajstić information content (AvgIpc) is 2.67. The lowest BCUT2D eigenvalue weighted by molar-refractivity contribution is 0.602. The summed E-state index contributed by atoms with van der Waals surface area (Å²) in [5.41, 5.74) is 0. The molecule has 0 aliphatic heterocycles. The number of hydrogen-bond acceptors (Lipinski definition) is 5. The molecule has 0 fully saturated rings. The number of sulfone groups is 1. The van der Waals surface area contributed by atoms with Gasteiger partial charge >= 0.3 is 0 Å². The van der Waals surface area contributed by atoms with Crippen molar-refractivity contribution >= 4 is 21.4 Å². The van der Waals surface area contributed by atoms with Crippen LogP contribution in [0.3, 0.4) is 0 Å². The second kappa shape index (κ2) is 3.84. The minimum Gasteiger partial charge on any atom is -0.224 e. The lowest BCUT2D eigenvalue weighted by Gasteiger charge is -1.97. The molecule has 2 aromatic rings. The Kier molecular flexibility index (Phi) is 2.64. The van der Waals surface area contributed by atoms with Crippen LogP contribution in [0.2, 0.25) is 5.15 Å². The molecule has 2 rings (SSSR count). The lowest BCUT2D eigenvalue weighted by atomic mass is 10.5. The molecule has 0 aliphatic carbocycles. The summed E-state index contributed by atoms with van der Waals surface area (Å²) in [6.45, 7) is 0. The van der Waals surface area contributed by atoms with Crippen molar-refractivity contribution in [3.05, 3.63) is 29.7 Å². The number of nitrogens with zero attached hydrogens (tertiary/aromatic N) is 4. The van der Waals surface area contributed by atoms with E-state index in [0.29, 0.717) is 5.82 Å². The summed E-state index contributed by atoms with van der Waals surface area (Å²) >= 11 is 5.58. The summed E-state index contributed by atoms with van der Waals surface area (Å²) in [6, 6.07) is 3.14. The average molecular weight is 259 g/mol. The fraction of sp³-hybridized carbons (Fsp3) is 0.125. The molecule has 0 atom stereocenters. The predicted octanol–water partition coefficient (Wildman–Crippen LogP) is 0.719. The van der Waals surface area contributed by atoms with Crippen molar-refractivity contribution in [3.63, 3.8) is 0 Å². The van der Waals surface area contributed by atoms with Gasteiger partial charge in [0.25, 0.3) is 0 Å².